The Morgan fingerprint density at radius 3 is 2.57 bits per heavy atom. The maximum Gasteiger partial charge on any atom is 0.226 e. The first-order valence-corrected chi connectivity index (χ1v) is 9.65. The van der Waals surface area contributed by atoms with Crippen molar-refractivity contribution >= 4 is 0 Å². The van der Waals surface area contributed by atoms with Crippen molar-refractivity contribution < 1.29 is 13.9 Å². The van der Waals surface area contributed by atoms with Gasteiger partial charge in [0.15, 0.2) is 11.5 Å². The molecule has 1 unspecified atom stereocenters. The molecule has 0 radical (unpaired) electrons. The fraction of sp³-hybridized carbons (Fsp3) is 0.348. The highest BCUT2D eigenvalue weighted by Crippen LogP contribution is 2.34. The molecule has 0 fully saturated rings. The lowest BCUT2D eigenvalue weighted by atomic mass is 10.1. The van der Waals surface area contributed by atoms with E-state index in [1.165, 1.54) is 5.56 Å². The topological polar surface area (TPSA) is 47.7 Å². The van der Waals surface area contributed by atoms with Crippen LogP contribution in [0.1, 0.15) is 35.5 Å². The van der Waals surface area contributed by atoms with Crippen molar-refractivity contribution in [2.45, 2.75) is 33.4 Å². The van der Waals surface area contributed by atoms with Gasteiger partial charge in [-0.3, -0.25) is 4.90 Å². The number of aromatic nitrogens is 1. The Kier molecular flexibility index (Phi) is 5.09. The number of hydrogen-bond donors (Lipinski definition) is 0. The van der Waals surface area contributed by atoms with Gasteiger partial charge < -0.3 is 13.9 Å². The first kappa shape index (κ1) is 18.6. The highest BCUT2D eigenvalue weighted by molar-refractivity contribution is 5.58. The number of nitrogens with zero attached hydrogens (tertiary/aromatic N) is 2. The predicted octanol–water partition coefficient (Wildman–Crippen LogP) is 4.92. The minimum Gasteiger partial charge on any atom is -0.486 e. The van der Waals surface area contributed by atoms with Crippen LogP contribution in [-0.2, 0) is 6.54 Å². The molecule has 146 valence electrons. The van der Waals surface area contributed by atoms with Gasteiger partial charge in [0, 0.05) is 18.2 Å². The quantitative estimate of drug-likeness (QED) is 0.630. The lowest BCUT2D eigenvalue weighted by Gasteiger charge is -2.26. The third-order valence-corrected chi connectivity index (χ3v) is 5.38. The summed E-state index contributed by atoms with van der Waals surface area (Å²) in [5.74, 6) is 3.19. The van der Waals surface area contributed by atoms with Crippen molar-refractivity contribution in [1.82, 2.24) is 9.88 Å². The van der Waals surface area contributed by atoms with Gasteiger partial charge in [-0.05, 0) is 57.1 Å². The van der Waals surface area contributed by atoms with Gasteiger partial charge in [0.2, 0.25) is 5.89 Å². The highest BCUT2D eigenvalue weighted by atomic mass is 16.6. The number of oxazole rings is 1. The van der Waals surface area contributed by atoms with E-state index in [0.717, 1.165) is 34.1 Å². The minimum atomic E-state index is 0.203. The molecule has 0 saturated heterocycles. The van der Waals surface area contributed by atoms with Crippen molar-refractivity contribution in [2.24, 2.45) is 0 Å². The van der Waals surface area contributed by atoms with E-state index in [1.807, 2.05) is 31.2 Å². The summed E-state index contributed by atoms with van der Waals surface area (Å²) in [5, 5.41) is 0. The molecule has 28 heavy (non-hydrogen) atoms. The number of benzene rings is 2. The molecule has 4 rings (SSSR count). The number of rotatable bonds is 5. The molecule has 1 atom stereocenters. The second-order valence-electron chi connectivity index (χ2n) is 7.33. The van der Waals surface area contributed by atoms with Crippen LogP contribution < -0.4 is 9.47 Å². The number of aryl methyl sites for hydroxylation is 2. The molecular formula is C23H26N2O3. The Bertz CT molecular complexity index is 980. The Hall–Kier alpha value is -2.79. The van der Waals surface area contributed by atoms with Crippen LogP contribution in [0.4, 0.5) is 0 Å². The summed E-state index contributed by atoms with van der Waals surface area (Å²) in [6, 6.07) is 14.5. The predicted molar refractivity (Wildman–Crippen MR) is 109 cm³/mol. The molecule has 1 aromatic heterocycles. The molecule has 0 spiro atoms. The van der Waals surface area contributed by atoms with E-state index in [2.05, 4.69) is 44.0 Å². The van der Waals surface area contributed by atoms with Gasteiger partial charge >= 0.3 is 0 Å². The molecular weight excluding hydrogens is 352 g/mol. The van der Waals surface area contributed by atoms with Crippen LogP contribution in [0.25, 0.3) is 11.5 Å². The van der Waals surface area contributed by atoms with Crippen molar-refractivity contribution in [3.05, 3.63) is 65.0 Å². The second kappa shape index (κ2) is 7.68. The molecule has 2 heterocycles. The first-order chi connectivity index (χ1) is 13.5. The molecule has 0 bridgehead atoms. The highest BCUT2D eigenvalue weighted by Gasteiger charge is 2.20. The lowest BCUT2D eigenvalue weighted by Crippen LogP contribution is -2.23. The SMILES string of the molecule is Cc1ccccc1-c1nc(CN(C)C(C)c2ccc3c(c2)OCCO3)c(C)o1. The summed E-state index contributed by atoms with van der Waals surface area (Å²) in [6.07, 6.45) is 0. The molecule has 0 N–H and O–H groups in total. The van der Waals surface area contributed by atoms with Crippen LogP contribution in [-0.4, -0.2) is 30.1 Å². The van der Waals surface area contributed by atoms with Crippen LogP contribution >= 0.6 is 0 Å². The van der Waals surface area contributed by atoms with Crippen LogP contribution in [0.3, 0.4) is 0 Å². The molecule has 3 aromatic rings. The summed E-state index contributed by atoms with van der Waals surface area (Å²) >= 11 is 0. The van der Waals surface area contributed by atoms with Crippen molar-refractivity contribution in [1.29, 1.82) is 0 Å². The lowest BCUT2D eigenvalue weighted by molar-refractivity contribution is 0.170. The molecule has 2 aromatic carbocycles. The minimum absolute atomic E-state index is 0.203. The molecule has 5 heteroatoms. The summed E-state index contributed by atoms with van der Waals surface area (Å²) in [7, 11) is 2.10. The Labute approximate surface area is 165 Å². The van der Waals surface area contributed by atoms with E-state index in [4.69, 9.17) is 18.9 Å². The standard InChI is InChI=1S/C23H26N2O3/c1-15-7-5-6-8-19(15)23-24-20(17(3)28-23)14-25(4)16(2)18-9-10-21-22(13-18)27-12-11-26-21/h5-10,13,16H,11-12,14H2,1-4H3. The van der Waals surface area contributed by atoms with Crippen molar-refractivity contribution in [2.75, 3.05) is 20.3 Å². The van der Waals surface area contributed by atoms with Gasteiger partial charge in [-0.25, -0.2) is 4.98 Å². The third kappa shape index (κ3) is 3.62. The zero-order valence-corrected chi connectivity index (χ0v) is 16.9. The largest absolute Gasteiger partial charge is 0.486 e. The smallest absolute Gasteiger partial charge is 0.226 e. The number of fused-ring (bicyclic) bond motifs is 1. The second-order valence-corrected chi connectivity index (χ2v) is 7.33. The van der Waals surface area contributed by atoms with E-state index in [9.17, 15) is 0 Å². The summed E-state index contributed by atoms with van der Waals surface area (Å²) in [5.41, 5.74) is 4.35. The third-order valence-electron chi connectivity index (χ3n) is 5.38. The first-order valence-electron chi connectivity index (χ1n) is 9.65. The van der Waals surface area contributed by atoms with Gasteiger partial charge in [0.05, 0.1) is 5.69 Å². The van der Waals surface area contributed by atoms with Crippen LogP contribution in [0.5, 0.6) is 11.5 Å². The van der Waals surface area contributed by atoms with E-state index in [1.54, 1.807) is 0 Å². The monoisotopic (exact) mass is 378 g/mol. The molecule has 0 saturated carbocycles. The van der Waals surface area contributed by atoms with Gasteiger partial charge in [0.25, 0.3) is 0 Å². The fourth-order valence-corrected chi connectivity index (χ4v) is 3.45. The van der Waals surface area contributed by atoms with Gasteiger partial charge in [-0.1, -0.05) is 24.3 Å². The zero-order chi connectivity index (χ0) is 19.7. The van der Waals surface area contributed by atoms with Gasteiger partial charge in [-0.15, -0.1) is 0 Å². The molecule has 0 aliphatic carbocycles. The van der Waals surface area contributed by atoms with Crippen molar-refractivity contribution in [3.8, 4) is 23.0 Å². The maximum absolute atomic E-state index is 5.97. The Morgan fingerprint density at radius 2 is 1.79 bits per heavy atom. The van der Waals surface area contributed by atoms with Crippen molar-refractivity contribution in [3.63, 3.8) is 0 Å². The van der Waals surface area contributed by atoms with Crippen LogP contribution in [0.2, 0.25) is 0 Å². The van der Waals surface area contributed by atoms with E-state index in [-0.39, 0.29) is 6.04 Å². The summed E-state index contributed by atoms with van der Waals surface area (Å²) < 4.78 is 17.3. The molecule has 5 nitrogen and oxygen atoms in total. The average Bonchev–Trinajstić information content (AvgIpc) is 3.07. The number of hydrogen-bond acceptors (Lipinski definition) is 5. The van der Waals surface area contributed by atoms with Crippen LogP contribution in [0, 0.1) is 13.8 Å². The summed E-state index contributed by atoms with van der Waals surface area (Å²) in [6.45, 7) is 8.15. The maximum atomic E-state index is 5.97. The zero-order valence-electron chi connectivity index (χ0n) is 16.9. The van der Waals surface area contributed by atoms with Crippen LogP contribution in [0.15, 0.2) is 46.9 Å². The Balaban J connectivity index is 1.52. The fourth-order valence-electron chi connectivity index (χ4n) is 3.45. The normalized spacial score (nSPS) is 14.3. The number of ether oxygens (including phenoxy) is 2. The molecule has 1 aliphatic rings. The van der Waals surface area contributed by atoms with Gasteiger partial charge in [-0.2, -0.15) is 0 Å². The molecule has 0 amide bonds. The van der Waals surface area contributed by atoms with E-state index >= 15 is 0 Å². The van der Waals surface area contributed by atoms with E-state index in [0.29, 0.717) is 25.6 Å². The Morgan fingerprint density at radius 1 is 1.04 bits per heavy atom. The van der Waals surface area contributed by atoms with E-state index < -0.39 is 0 Å². The van der Waals surface area contributed by atoms with Gasteiger partial charge in [0.1, 0.15) is 19.0 Å². The average molecular weight is 378 g/mol. The summed E-state index contributed by atoms with van der Waals surface area (Å²) in [4.78, 5) is 7.04. The molecule has 1 aliphatic heterocycles.